The molecule has 0 unspecified atom stereocenters. The molecule has 0 radical (unpaired) electrons. The number of cyclic esters (lactones) is 1. The quantitative estimate of drug-likeness (QED) is 0.628. The number of hydrogen-bond acceptors (Lipinski definition) is 6. The van der Waals surface area contributed by atoms with Gasteiger partial charge in [0.05, 0.1) is 22.8 Å². The minimum atomic E-state index is -0.302. The number of hydrogen-bond donors (Lipinski definition) is 0. The van der Waals surface area contributed by atoms with E-state index in [2.05, 4.69) is 31.0 Å². The van der Waals surface area contributed by atoms with Crippen molar-refractivity contribution >= 4 is 16.9 Å². The average molecular weight is 397 g/mol. The number of esters is 1. The zero-order chi connectivity index (χ0) is 20.9. The first kappa shape index (κ1) is 19.4. The van der Waals surface area contributed by atoms with Crippen LogP contribution in [0.3, 0.4) is 0 Å². The highest BCUT2D eigenvalue weighted by Crippen LogP contribution is 2.33. The number of ether oxygens (including phenoxy) is 2. The molecule has 0 aromatic carbocycles. The normalized spacial score (nSPS) is 18.3. The summed E-state index contributed by atoms with van der Waals surface area (Å²) in [5.74, 6) is 0.325. The van der Waals surface area contributed by atoms with Crippen LogP contribution in [-0.2, 0) is 22.1 Å². The standard InChI is InChI=1S/C21H27N5O3/c1-12-19-16(24-25(12)6)9-15(14-10-22-26(11-14)21(3,4)5)23-20(19)28-13(2)17-7-8-18(27)29-17/h9-11,13,17H,7-8H2,1-6H3/t13-,17-/m1/s1. The number of carbonyl (C=O) groups is 1. The molecule has 0 saturated carbocycles. The molecule has 0 N–H and O–H groups in total. The summed E-state index contributed by atoms with van der Waals surface area (Å²) in [6, 6.07) is 1.96. The van der Waals surface area contributed by atoms with Crippen LogP contribution in [0.1, 0.15) is 46.2 Å². The molecule has 154 valence electrons. The predicted octanol–water partition coefficient (Wildman–Crippen LogP) is 3.37. The Morgan fingerprint density at radius 3 is 2.72 bits per heavy atom. The molecule has 8 nitrogen and oxygen atoms in total. The van der Waals surface area contributed by atoms with Crippen LogP contribution in [0.5, 0.6) is 5.88 Å². The first-order chi connectivity index (χ1) is 13.6. The zero-order valence-corrected chi connectivity index (χ0v) is 17.8. The summed E-state index contributed by atoms with van der Waals surface area (Å²) in [5.41, 5.74) is 3.30. The zero-order valence-electron chi connectivity index (χ0n) is 17.8. The third-order valence-electron chi connectivity index (χ3n) is 5.37. The minimum absolute atomic E-state index is 0.121. The molecule has 4 rings (SSSR count). The summed E-state index contributed by atoms with van der Waals surface area (Å²) >= 11 is 0. The van der Waals surface area contributed by atoms with Gasteiger partial charge in [-0.2, -0.15) is 10.2 Å². The number of rotatable bonds is 4. The van der Waals surface area contributed by atoms with Crippen LogP contribution in [0.4, 0.5) is 0 Å². The average Bonchev–Trinajstić information content (AvgIpc) is 3.34. The topological polar surface area (TPSA) is 84.1 Å². The largest absolute Gasteiger partial charge is 0.470 e. The van der Waals surface area contributed by atoms with E-state index >= 15 is 0 Å². The van der Waals surface area contributed by atoms with Gasteiger partial charge in [0.15, 0.2) is 0 Å². The SMILES string of the molecule is Cc1c2c(O[C@H](C)[C@H]3CCC(=O)O3)nc(-c3cnn(C(C)(C)C)c3)cc2nn1C. The number of fused-ring (bicyclic) bond motifs is 1. The molecule has 0 amide bonds. The van der Waals surface area contributed by atoms with Crippen molar-refractivity contribution in [3.8, 4) is 17.1 Å². The highest BCUT2D eigenvalue weighted by Gasteiger charge is 2.31. The Balaban J connectivity index is 1.75. The van der Waals surface area contributed by atoms with Gasteiger partial charge in [-0.15, -0.1) is 0 Å². The number of aryl methyl sites for hydroxylation is 2. The Bertz CT molecular complexity index is 1080. The first-order valence-electron chi connectivity index (χ1n) is 9.89. The number of aromatic nitrogens is 5. The van der Waals surface area contributed by atoms with Gasteiger partial charge < -0.3 is 9.47 Å². The Labute approximate surface area is 169 Å². The van der Waals surface area contributed by atoms with Gasteiger partial charge in [0, 0.05) is 30.9 Å². The molecule has 1 aliphatic heterocycles. The Kier molecular flexibility index (Phi) is 4.59. The van der Waals surface area contributed by atoms with E-state index in [1.165, 1.54) is 0 Å². The Morgan fingerprint density at radius 2 is 2.10 bits per heavy atom. The lowest BCUT2D eigenvalue weighted by Crippen LogP contribution is -2.29. The van der Waals surface area contributed by atoms with E-state index in [4.69, 9.17) is 14.5 Å². The fourth-order valence-electron chi connectivity index (χ4n) is 3.51. The summed E-state index contributed by atoms with van der Waals surface area (Å²) in [7, 11) is 1.90. The maximum atomic E-state index is 11.5. The monoisotopic (exact) mass is 397 g/mol. The van der Waals surface area contributed by atoms with E-state index in [9.17, 15) is 4.79 Å². The molecule has 3 aromatic rings. The van der Waals surface area contributed by atoms with Crippen molar-refractivity contribution in [1.82, 2.24) is 24.5 Å². The maximum absolute atomic E-state index is 11.5. The van der Waals surface area contributed by atoms with E-state index in [1.54, 1.807) is 6.20 Å². The van der Waals surface area contributed by atoms with Gasteiger partial charge in [-0.3, -0.25) is 14.2 Å². The van der Waals surface area contributed by atoms with Crippen LogP contribution in [0.15, 0.2) is 18.5 Å². The molecule has 8 heteroatoms. The molecule has 29 heavy (non-hydrogen) atoms. The molecule has 0 spiro atoms. The van der Waals surface area contributed by atoms with E-state index < -0.39 is 0 Å². The Hall–Kier alpha value is -2.90. The van der Waals surface area contributed by atoms with Crippen molar-refractivity contribution in [1.29, 1.82) is 0 Å². The molecule has 1 aliphatic rings. The highest BCUT2D eigenvalue weighted by atomic mass is 16.6. The molecule has 4 heterocycles. The second-order valence-electron chi connectivity index (χ2n) is 8.65. The molecule has 1 fully saturated rings. The van der Waals surface area contributed by atoms with Crippen molar-refractivity contribution in [2.45, 2.75) is 65.2 Å². The van der Waals surface area contributed by atoms with Crippen molar-refractivity contribution in [3.05, 3.63) is 24.2 Å². The predicted molar refractivity (Wildman–Crippen MR) is 109 cm³/mol. The summed E-state index contributed by atoms with van der Waals surface area (Å²) in [5, 5.41) is 9.97. The molecule has 0 aliphatic carbocycles. The van der Waals surface area contributed by atoms with Gasteiger partial charge in [0.25, 0.3) is 0 Å². The fraction of sp³-hybridized carbons (Fsp3) is 0.524. The lowest BCUT2D eigenvalue weighted by molar-refractivity contribution is -0.144. The maximum Gasteiger partial charge on any atom is 0.306 e. The van der Waals surface area contributed by atoms with Gasteiger partial charge in [-0.05, 0) is 47.1 Å². The van der Waals surface area contributed by atoms with Crippen LogP contribution in [0.25, 0.3) is 22.2 Å². The van der Waals surface area contributed by atoms with Crippen molar-refractivity contribution in [2.75, 3.05) is 0 Å². The van der Waals surface area contributed by atoms with Gasteiger partial charge in [0.2, 0.25) is 5.88 Å². The number of pyridine rings is 1. The summed E-state index contributed by atoms with van der Waals surface area (Å²) in [6.45, 7) is 10.2. The van der Waals surface area contributed by atoms with Crippen LogP contribution in [0.2, 0.25) is 0 Å². The minimum Gasteiger partial charge on any atom is -0.470 e. The van der Waals surface area contributed by atoms with E-state index in [0.29, 0.717) is 18.7 Å². The fourth-order valence-corrected chi connectivity index (χ4v) is 3.51. The molecule has 3 aromatic heterocycles. The van der Waals surface area contributed by atoms with Crippen molar-refractivity contribution in [2.24, 2.45) is 7.05 Å². The van der Waals surface area contributed by atoms with Gasteiger partial charge >= 0.3 is 5.97 Å². The van der Waals surface area contributed by atoms with Gasteiger partial charge in [-0.25, -0.2) is 4.98 Å². The van der Waals surface area contributed by atoms with Crippen molar-refractivity contribution < 1.29 is 14.3 Å². The van der Waals surface area contributed by atoms with Gasteiger partial charge in [0.1, 0.15) is 17.7 Å². The van der Waals surface area contributed by atoms with Crippen molar-refractivity contribution in [3.63, 3.8) is 0 Å². The summed E-state index contributed by atoms with van der Waals surface area (Å²) < 4.78 is 15.3. The summed E-state index contributed by atoms with van der Waals surface area (Å²) in [4.78, 5) is 16.3. The highest BCUT2D eigenvalue weighted by molar-refractivity contribution is 5.89. The lowest BCUT2D eigenvalue weighted by Gasteiger charge is -2.20. The molecule has 0 bridgehead atoms. The van der Waals surface area contributed by atoms with Gasteiger partial charge in [-0.1, -0.05) is 0 Å². The number of carbonyl (C=O) groups excluding carboxylic acids is 1. The Morgan fingerprint density at radius 1 is 1.34 bits per heavy atom. The molecular formula is C21H27N5O3. The van der Waals surface area contributed by atoms with Crippen LogP contribution < -0.4 is 4.74 Å². The second-order valence-corrected chi connectivity index (χ2v) is 8.65. The van der Waals surface area contributed by atoms with Crippen LogP contribution in [0, 0.1) is 6.92 Å². The number of nitrogens with zero attached hydrogens (tertiary/aromatic N) is 5. The third kappa shape index (κ3) is 3.59. The smallest absolute Gasteiger partial charge is 0.306 e. The van der Waals surface area contributed by atoms with Crippen LogP contribution >= 0.6 is 0 Å². The molecule has 1 saturated heterocycles. The van der Waals surface area contributed by atoms with Crippen LogP contribution in [-0.4, -0.2) is 42.7 Å². The summed E-state index contributed by atoms with van der Waals surface area (Å²) in [6.07, 6.45) is 4.32. The second kappa shape index (κ2) is 6.86. The molecular weight excluding hydrogens is 370 g/mol. The lowest BCUT2D eigenvalue weighted by atomic mass is 10.1. The van der Waals surface area contributed by atoms with E-state index in [0.717, 1.165) is 27.9 Å². The third-order valence-corrected chi connectivity index (χ3v) is 5.37. The van der Waals surface area contributed by atoms with E-state index in [-0.39, 0.29) is 23.7 Å². The first-order valence-corrected chi connectivity index (χ1v) is 9.89. The molecule has 2 atom stereocenters. The van der Waals surface area contributed by atoms with E-state index in [1.807, 2.05) is 42.5 Å².